The van der Waals surface area contributed by atoms with Crippen molar-refractivity contribution in [3.8, 4) is 11.5 Å². The van der Waals surface area contributed by atoms with Crippen molar-refractivity contribution >= 4 is 69.6 Å². The number of hydrogen-bond donors (Lipinski definition) is 2. The number of halogens is 7. The Morgan fingerprint density at radius 1 is 0.764 bits per heavy atom. The zero-order valence-electron chi connectivity index (χ0n) is 28.3. The van der Waals surface area contributed by atoms with Crippen LogP contribution in [-0.2, 0) is 19.2 Å². The molecule has 2 N–H and O–H groups in total. The van der Waals surface area contributed by atoms with Gasteiger partial charge in [-0.3, -0.25) is 24.1 Å². The molecule has 4 aromatic carbocycles. The highest BCUT2D eigenvalue weighted by atomic mass is 35.5. The predicted molar refractivity (Wildman–Crippen MR) is 190 cm³/mol. The van der Waals surface area contributed by atoms with E-state index < -0.39 is 104 Å². The number of ether oxygens (including phenoxy) is 1. The molecule has 55 heavy (non-hydrogen) atoms. The van der Waals surface area contributed by atoms with Gasteiger partial charge in [-0.05, 0) is 61.2 Å². The third-order valence-corrected chi connectivity index (χ3v) is 12.4. The molecule has 16 heteroatoms. The summed E-state index contributed by atoms with van der Waals surface area (Å²) in [7, 11) is 1.31. The van der Waals surface area contributed by atoms with E-state index >= 15 is 8.78 Å². The molecule has 1 saturated carbocycles. The van der Waals surface area contributed by atoms with Crippen LogP contribution in [0.4, 0.5) is 44.7 Å². The largest absolute Gasteiger partial charge is 0.508 e. The SMILES string of the molecule is COc1ccc([C@H]2C3=CC[C@@H]4C(=O)N(c5ccc(Nc6ccccc6)cc5)C(=O)[C@@H]4[C@@H]3C[C@@]3(Cl)C(=O)N(c4c(F)c(F)c(F)c(F)c4F)C(=O)[C@@]23Cl)c(O)c1. The van der Waals surface area contributed by atoms with E-state index in [0.717, 1.165) is 16.7 Å². The van der Waals surface area contributed by atoms with Crippen LogP contribution in [0.25, 0.3) is 0 Å². The zero-order chi connectivity index (χ0) is 39.3. The Labute approximate surface area is 318 Å². The molecule has 282 valence electrons. The molecule has 2 aliphatic heterocycles. The van der Waals surface area contributed by atoms with Crippen LogP contribution >= 0.6 is 23.2 Å². The van der Waals surface area contributed by atoms with E-state index in [9.17, 15) is 37.5 Å². The van der Waals surface area contributed by atoms with Gasteiger partial charge in [-0.1, -0.05) is 35.9 Å². The number of aromatic hydroxyl groups is 1. The number of phenols is 1. The van der Waals surface area contributed by atoms with Gasteiger partial charge in [0.25, 0.3) is 11.8 Å². The van der Waals surface area contributed by atoms with Crippen molar-refractivity contribution in [2.75, 3.05) is 22.2 Å². The van der Waals surface area contributed by atoms with Crippen molar-refractivity contribution in [2.45, 2.75) is 28.5 Å². The van der Waals surface area contributed by atoms with Crippen LogP contribution in [-0.4, -0.2) is 45.6 Å². The number of imide groups is 2. The van der Waals surface area contributed by atoms with Gasteiger partial charge in [-0.15, -0.1) is 23.2 Å². The Balaban J connectivity index is 1.24. The minimum Gasteiger partial charge on any atom is -0.508 e. The number of hydrogen-bond acceptors (Lipinski definition) is 7. The van der Waals surface area contributed by atoms with Crippen LogP contribution < -0.4 is 19.9 Å². The first-order valence-corrected chi connectivity index (χ1v) is 17.6. The summed E-state index contributed by atoms with van der Waals surface area (Å²) in [6.07, 6.45) is 0.799. The molecule has 8 rings (SSSR count). The molecule has 0 bridgehead atoms. The minimum absolute atomic E-state index is 0.0651. The second kappa shape index (κ2) is 12.8. The summed E-state index contributed by atoms with van der Waals surface area (Å²) in [5, 5.41) is 14.5. The molecule has 0 spiro atoms. The van der Waals surface area contributed by atoms with Crippen LogP contribution in [0, 0.1) is 46.8 Å². The molecular formula is C39H26Cl2F5N3O6. The lowest BCUT2D eigenvalue weighted by Gasteiger charge is -2.50. The van der Waals surface area contributed by atoms with Crippen LogP contribution in [0.2, 0.25) is 0 Å². The number of methoxy groups -OCH3 is 1. The Bertz CT molecular complexity index is 2350. The summed E-state index contributed by atoms with van der Waals surface area (Å²) < 4.78 is 78.8. The molecule has 0 aromatic heterocycles. The number of amides is 4. The van der Waals surface area contributed by atoms with Gasteiger partial charge in [0, 0.05) is 28.9 Å². The lowest BCUT2D eigenvalue weighted by molar-refractivity contribution is -0.125. The van der Waals surface area contributed by atoms with E-state index in [-0.39, 0.29) is 33.9 Å². The number of benzene rings is 4. The van der Waals surface area contributed by atoms with Gasteiger partial charge in [0.15, 0.2) is 33.0 Å². The summed E-state index contributed by atoms with van der Waals surface area (Å²) in [5.41, 5.74) is -0.134. The maximum absolute atomic E-state index is 15.3. The number of anilines is 4. The van der Waals surface area contributed by atoms with Gasteiger partial charge in [-0.25, -0.2) is 26.9 Å². The average molecular weight is 799 g/mol. The van der Waals surface area contributed by atoms with Crippen LogP contribution in [0.1, 0.15) is 24.3 Å². The number of carbonyl (C=O) groups is 4. The minimum atomic E-state index is -2.78. The molecular weight excluding hydrogens is 772 g/mol. The Hall–Kier alpha value is -5.47. The second-order valence-corrected chi connectivity index (χ2v) is 14.9. The number of alkyl halides is 2. The van der Waals surface area contributed by atoms with E-state index in [1.807, 2.05) is 30.3 Å². The summed E-state index contributed by atoms with van der Waals surface area (Å²) >= 11 is 14.3. The number of nitrogens with one attached hydrogen (secondary N) is 1. The Morgan fingerprint density at radius 3 is 2.00 bits per heavy atom. The maximum Gasteiger partial charge on any atom is 0.258 e. The Morgan fingerprint density at radius 2 is 1.38 bits per heavy atom. The molecule has 2 saturated heterocycles. The van der Waals surface area contributed by atoms with E-state index in [2.05, 4.69) is 5.32 Å². The first-order valence-electron chi connectivity index (χ1n) is 16.8. The molecule has 0 unspecified atom stereocenters. The van der Waals surface area contributed by atoms with Gasteiger partial charge < -0.3 is 15.2 Å². The van der Waals surface area contributed by atoms with Crippen molar-refractivity contribution in [1.29, 1.82) is 0 Å². The predicted octanol–water partition coefficient (Wildman–Crippen LogP) is 7.61. The third kappa shape index (κ3) is 5.03. The average Bonchev–Trinajstić information content (AvgIpc) is 3.52. The molecule has 4 aromatic rings. The molecule has 2 aliphatic carbocycles. The second-order valence-electron chi connectivity index (χ2n) is 13.7. The summed E-state index contributed by atoms with van der Waals surface area (Å²) in [6.45, 7) is 0. The van der Waals surface area contributed by atoms with Gasteiger partial charge in [-0.2, -0.15) is 0 Å². The van der Waals surface area contributed by atoms with Gasteiger partial charge in [0.1, 0.15) is 17.2 Å². The molecule has 4 aliphatic rings. The molecule has 9 nitrogen and oxygen atoms in total. The summed E-state index contributed by atoms with van der Waals surface area (Å²) in [6, 6.07) is 19.6. The van der Waals surface area contributed by atoms with E-state index in [1.165, 1.54) is 19.2 Å². The smallest absolute Gasteiger partial charge is 0.258 e. The topological polar surface area (TPSA) is 116 Å². The zero-order valence-corrected chi connectivity index (χ0v) is 29.8. The van der Waals surface area contributed by atoms with Gasteiger partial charge in [0.05, 0.1) is 24.6 Å². The lowest BCUT2D eigenvalue weighted by atomic mass is 9.56. The van der Waals surface area contributed by atoms with E-state index in [0.29, 0.717) is 5.69 Å². The molecule has 2 heterocycles. The Kier molecular flexibility index (Phi) is 8.50. The van der Waals surface area contributed by atoms with E-state index in [1.54, 1.807) is 30.3 Å². The highest BCUT2D eigenvalue weighted by Crippen LogP contribution is 2.67. The monoisotopic (exact) mass is 797 g/mol. The molecule has 4 amide bonds. The number of para-hydroxylation sites is 1. The van der Waals surface area contributed by atoms with Gasteiger partial charge >= 0.3 is 0 Å². The fourth-order valence-corrected chi connectivity index (χ4v) is 9.37. The number of allylic oxidation sites excluding steroid dienone is 2. The van der Waals surface area contributed by atoms with Crippen molar-refractivity contribution in [2.24, 2.45) is 17.8 Å². The highest BCUT2D eigenvalue weighted by Gasteiger charge is 2.77. The van der Waals surface area contributed by atoms with Crippen LogP contribution in [0.3, 0.4) is 0 Å². The number of nitrogens with zero attached hydrogens (tertiary/aromatic N) is 2. The van der Waals surface area contributed by atoms with Crippen molar-refractivity contribution < 1.29 is 51.0 Å². The summed E-state index contributed by atoms with van der Waals surface area (Å²) in [4.78, 5) is 52.5. The molecule has 6 atom stereocenters. The molecule has 0 radical (unpaired) electrons. The quantitative estimate of drug-likeness (QED) is 0.0516. The summed E-state index contributed by atoms with van der Waals surface area (Å²) in [5.74, 6) is -22.3. The third-order valence-electron chi connectivity index (χ3n) is 11.0. The number of fused-ring (bicyclic) bond motifs is 4. The van der Waals surface area contributed by atoms with Crippen LogP contribution in [0.5, 0.6) is 11.5 Å². The van der Waals surface area contributed by atoms with Crippen molar-refractivity contribution in [3.05, 3.63) is 119 Å². The number of phenolic OH excluding ortho intramolecular Hbond substituents is 1. The first kappa shape index (κ1) is 36.5. The van der Waals surface area contributed by atoms with Crippen molar-refractivity contribution in [1.82, 2.24) is 0 Å². The normalized spacial score (nSPS) is 27.2. The molecule has 3 fully saturated rings. The first-order chi connectivity index (χ1) is 26.1. The van der Waals surface area contributed by atoms with Crippen LogP contribution in [0.15, 0.2) is 84.4 Å². The number of rotatable bonds is 6. The van der Waals surface area contributed by atoms with Gasteiger partial charge in [0.2, 0.25) is 17.6 Å². The fraction of sp³-hybridized carbons (Fsp3) is 0.231. The standard InChI is InChI=1S/C39H26Cl2F5N3O6/c1-55-20-11-12-22(25(50)15-20)27-21-13-14-23-26(35(52)48(34(23)51)19-9-7-18(8-10-19)47-17-5-3-2-4-6-17)24(21)16-38(40)36(53)49(37(54)39(27,38)41)33-31(45)29(43)28(42)30(44)32(33)46/h2-13,15,23-24,26-27,47,50H,14,16H2,1H3/t23-,24+,26-,27+,38+,39-/m0/s1. The highest BCUT2D eigenvalue weighted by molar-refractivity contribution is 6.58. The lowest BCUT2D eigenvalue weighted by Crippen LogP contribution is -2.60. The number of carbonyl (C=O) groups excluding carboxylic acids is 4. The fourth-order valence-electron chi connectivity index (χ4n) is 8.44. The van der Waals surface area contributed by atoms with E-state index in [4.69, 9.17) is 27.9 Å². The maximum atomic E-state index is 15.3. The van der Waals surface area contributed by atoms with Crippen molar-refractivity contribution in [3.63, 3.8) is 0 Å².